The normalized spacial score (nSPS) is 11.4. The van der Waals surface area contributed by atoms with Crippen LogP contribution in [-0.2, 0) is 10.2 Å². The van der Waals surface area contributed by atoms with Crippen molar-refractivity contribution in [2.24, 2.45) is 0 Å². The Morgan fingerprint density at radius 3 is 2.47 bits per heavy atom. The molecule has 1 N–H and O–H groups in total. The van der Waals surface area contributed by atoms with Gasteiger partial charge in [-0.2, -0.15) is 0 Å². The first kappa shape index (κ1) is 13.5. The van der Waals surface area contributed by atoms with Crippen molar-refractivity contribution in [3.63, 3.8) is 0 Å². The quantitative estimate of drug-likeness (QED) is 0.878. The zero-order valence-electron chi connectivity index (χ0n) is 10.6. The van der Waals surface area contributed by atoms with Crippen LogP contribution in [0.25, 0.3) is 0 Å². The minimum atomic E-state index is -0.928. The molecule has 3 nitrogen and oxygen atoms in total. The fourth-order valence-electron chi connectivity index (χ4n) is 2.02. The number of carbonyl (C=O) groups is 1. The summed E-state index contributed by atoms with van der Waals surface area (Å²) < 4.78 is 13.9. The van der Waals surface area contributed by atoms with Crippen molar-refractivity contribution in [1.29, 1.82) is 0 Å². The van der Waals surface area contributed by atoms with Gasteiger partial charge in [0.2, 0.25) is 0 Å². The highest BCUT2D eigenvalue weighted by Gasteiger charge is 2.30. The Bertz CT molecular complexity index is 427. The summed E-state index contributed by atoms with van der Waals surface area (Å²) in [4.78, 5) is 12.6. The largest absolute Gasteiger partial charge is 0.481 e. The second-order valence-corrected chi connectivity index (χ2v) is 4.98. The van der Waals surface area contributed by atoms with E-state index in [0.29, 0.717) is 5.56 Å². The molecular formula is C13H18FNO2. The second-order valence-electron chi connectivity index (χ2n) is 4.98. The van der Waals surface area contributed by atoms with Crippen LogP contribution >= 0.6 is 0 Å². The van der Waals surface area contributed by atoms with Gasteiger partial charge < -0.3 is 10.0 Å². The van der Waals surface area contributed by atoms with Gasteiger partial charge in [-0.1, -0.05) is 19.9 Å². The van der Waals surface area contributed by atoms with Gasteiger partial charge in [0.05, 0.1) is 6.42 Å². The molecule has 0 atom stereocenters. The van der Waals surface area contributed by atoms with Gasteiger partial charge in [0.15, 0.2) is 0 Å². The third kappa shape index (κ3) is 2.96. The van der Waals surface area contributed by atoms with E-state index in [9.17, 15) is 9.18 Å². The maximum Gasteiger partial charge on any atom is 0.304 e. The molecule has 17 heavy (non-hydrogen) atoms. The molecule has 0 aromatic heterocycles. The Hall–Kier alpha value is -1.58. The van der Waals surface area contributed by atoms with E-state index in [0.717, 1.165) is 5.69 Å². The summed E-state index contributed by atoms with van der Waals surface area (Å²) in [5, 5.41) is 8.89. The molecular weight excluding hydrogens is 221 g/mol. The third-order valence-electron chi connectivity index (χ3n) is 2.74. The van der Waals surface area contributed by atoms with Crippen LogP contribution in [0.3, 0.4) is 0 Å². The second kappa shape index (κ2) is 4.73. The minimum absolute atomic E-state index is 0.102. The highest BCUT2D eigenvalue weighted by molar-refractivity contribution is 5.70. The fourth-order valence-corrected chi connectivity index (χ4v) is 2.02. The van der Waals surface area contributed by atoms with Gasteiger partial charge in [-0.15, -0.1) is 0 Å². The third-order valence-corrected chi connectivity index (χ3v) is 2.74. The van der Waals surface area contributed by atoms with E-state index in [-0.39, 0.29) is 12.2 Å². The molecule has 94 valence electrons. The zero-order valence-corrected chi connectivity index (χ0v) is 10.6. The van der Waals surface area contributed by atoms with Gasteiger partial charge in [0.1, 0.15) is 5.82 Å². The molecule has 4 heteroatoms. The van der Waals surface area contributed by atoms with Crippen molar-refractivity contribution in [2.75, 3.05) is 19.0 Å². The van der Waals surface area contributed by atoms with Crippen molar-refractivity contribution in [3.05, 3.63) is 29.6 Å². The van der Waals surface area contributed by atoms with E-state index < -0.39 is 11.4 Å². The number of carboxylic acids is 1. The predicted octanol–water partition coefficient (Wildman–Crippen LogP) is 2.64. The number of aliphatic carboxylic acids is 1. The van der Waals surface area contributed by atoms with Gasteiger partial charge in [-0.3, -0.25) is 4.79 Å². The predicted molar refractivity (Wildman–Crippen MR) is 66.0 cm³/mol. The number of halogens is 1. The molecule has 1 rings (SSSR count). The van der Waals surface area contributed by atoms with Crippen LogP contribution in [0, 0.1) is 5.82 Å². The maximum absolute atomic E-state index is 13.9. The van der Waals surface area contributed by atoms with Gasteiger partial charge >= 0.3 is 5.97 Å². The number of benzene rings is 1. The Kier molecular flexibility index (Phi) is 3.76. The van der Waals surface area contributed by atoms with Gasteiger partial charge in [0.25, 0.3) is 0 Å². The molecule has 0 radical (unpaired) electrons. The van der Waals surface area contributed by atoms with Crippen LogP contribution in [0.1, 0.15) is 25.8 Å². The maximum atomic E-state index is 13.9. The Morgan fingerprint density at radius 2 is 2.00 bits per heavy atom. The lowest BCUT2D eigenvalue weighted by Gasteiger charge is -2.29. The summed E-state index contributed by atoms with van der Waals surface area (Å²) in [6.07, 6.45) is -0.102. The lowest BCUT2D eigenvalue weighted by Crippen LogP contribution is -2.26. The van der Waals surface area contributed by atoms with Gasteiger partial charge in [0, 0.05) is 30.8 Å². The van der Waals surface area contributed by atoms with Gasteiger partial charge in [-0.25, -0.2) is 4.39 Å². The van der Waals surface area contributed by atoms with Gasteiger partial charge in [-0.05, 0) is 12.1 Å². The van der Waals surface area contributed by atoms with E-state index in [4.69, 9.17) is 5.11 Å². The SMILES string of the molecule is CN(C)c1cccc(F)c1C(C)(C)CC(=O)O. The van der Waals surface area contributed by atoms with Crippen LogP contribution in [0.2, 0.25) is 0 Å². The summed E-state index contributed by atoms with van der Waals surface area (Å²) >= 11 is 0. The summed E-state index contributed by atoms with van der Waals surface area (Å²) in [6, 6.07) is 4.79. The minimum Gasteiger partial charge on any atom is -0.481 e. The monoisotopic (exact) mass is 239 g/mol. The van der Waals surface area contributed by atoms with E-state index >= 15 is 0 Å². The summed E-state index contributed by atoms with van der Waals surface area (Å²) in [5.74, 6) is -1.29. The molecule has 1 aromatic carbocycles. The van der Waals surface area contributed by atoms with Crippen LogP contribution in [0.15, 0.2) is 18.2 Å². The van der Waals surface area contributed by atoms with E-state index in [1.165, 1.54) is 6.07 Å². The van der Waals surface area contributed by atoms with Crippen LogP contribution in [0.5, 0.6) is 0 Å². The molecule has 0 aliphatic heterocycles. The smallest absolute Gasteiger partial charge is 0.304 e. The number of hydrogen-bond donors (Lipinski definition) is 1. The van der Waals surface area contributed by atoms with Crippen molar-refractivity contribution in [3.8, 4) is 0 Å². The number of rotatable bonds is 4. The Labute approximate surface area is 101 Å². The van der Waals surface area contributed by atoms with Crippen LogP contribution in [0.4, 0.5) is 10.1 Å². The van der Waals surface area contributed by atoms with Crippen molar-refractivity contribution in [2.45, 2.75) is 25.7 Å². The average molecular weight is 239 g/mol. The highest BCUT2D eigenvalue weighted by atomic mass is 19.1. The molecule has 0 amide bonds. The van der Waals surface area contributed by atoms with Crippen molar-refractivity contribution < 1.29 is 14.3 Å². The van der Waals surface area contributed by atoms with Crippen LogP contribution in [-0.4, -0.2) is 25.2 Å². The lowest BCUT2D eigenvalue weighted by atomic mass is 9.80. The number of anilines is 1. The molecule has 0 bridgehead atoms. The van der Waals surface area contributed by atoms with Crippen molar-refractivity contribution >= 4 is 11.7 Å². The molecule has 0 aliphatic rings. The summed E-state index contributed by atoms with van der Waals surface area (Å²) in [6.45, 7) is 3.49. The molecule has 0 spiro atoms. The molecule has 0 saturated heterocycles. The lowest BCUT2D eigenvalue weighted by molar-refractivity contribution is -0.138. The number of carboxylic acid groups (broad SMARTS) is 1. The molecule has 1 aromatic rings. The van der Waals surface area contributed by atoms with Crippen LogP contribution < -0.4 is 4.90 Å². The van der Waals surface area contributed by atoms with E-state index in [1.807, 2.05) is 14.1 Å². The van der Waals surface area contributed by atoms with E-state index in [1.54, 1.807) is 30.9 Å². The summed E-state index contributed by atoms with van der Waals surface area (Å²) in [5.41, 5.74) is 0.431. The number of hydrogen-bond acceptors (Lipinski definition) is 2. The average Bonchev–Trinajstić information content (AvgIpc) is 2.14. The summed E-state index contributed by atoms with van der Waals surface area (Å²) in [7, 11) is 3.63. The topological polar surface area (TPSA) is 40.5 Å². The van der Waals surface area contributed by atoms with E-state index in [2.05, 4.69) is 0 Å². The zero-order chi connectivity index (χ0) is 13.2. The van der Waals surface area contributed by atoms with Crippen molar-refractivity contribution in [1.82, 2.24) is 0 Å². The Balaban J connectivity index is 3.32. The molecule has 0 unspecified atom stereocenters. The first-order chi connectivity index (χ1) is 7.75. The molecule has 0 heterocycles. The standard InChI is InChI=1S/C13H18FNO2/c1-13(2,8-11(16)17)12-9(14)6-5-7-10(12)15(3)4/h5-7H,8H2,1-4H3,(H,16,17). The number of nitrogens with zero attached hydrogens (tertiary/aromatic N) is 1. The Morgan fingerprint density at radius 1 is 1.41 bits per heavy atom. The molecule has 0 saturated carbocycles. The fraction of sp³-hybridized carbons (Fsp3) is 0.462. The highest BCUT2D eigenvalue weighted by Crippen LogP contribution is 2.36. The molecule has 0 fully saturated rings. The first-order valence-corrected chi connectivity index (χ1v) is 5.44. The first-order valence-electron chi connectivity index (χ1n) is 5.44. The molecule has 0 aliphatic carbocycles.